The number of halogens is 1. The van der Waals surface area contributed by atoms with Crippen LogP contribution in [0.5, 0.6) is 0 Å². The van der Waals surface area contributed by atoms with Crippen molar-refractivity contribution in [2.45, 2.75) is 0 Å². The number of nitrogen functional groups attached to an aromatic ring is 1. The molecular formula is C8H6FN3O. The number of anilines is 1. The van der Waals surface area contributed by atoms with Crippen molar-refractivity contribution in [3.05, 3.63) is 30.3 Å². The van der Waals surface area contributed by atoms with Gasteiger partial charge in [0.15, 0.2) is 6.33 Å². The Morgan fingerprint density at radius 1 is 1.38 bits per heavy atom. The van der Waals surface area contributed by atoms with Crippen molar-refractivity contribution in [3.63, 3.8) is 0 Å². The summed E-state index contributed by atoms with van der Waals surface area (Å²) in [5, 5.41) is 3.38. The minimum atomic E-state index is -0.468. The number of nitrogens with zero attached hydrogens (tertiary/aromatic N) is 2. The first kappa shape index (κ1) is 7.72. The van der Waals surface area contributed by atoms with Gasteiger partial charge in [-0.25, -0.2) is 4.39 Å². The maximum atomic E-state index is 13.2. The SMILES string of the molecule is Nc1ccc(-c2ncno2)c(F)c1. The Morgan fingerprint density at radius 2 is 2.23 bits per heavy atom. The second-order valence-corrected chi connectivity index (χ2v) is 2.49. The van der Waals surface area contributed by atoms with E-state index in [2.05, 4.69) is 10.1 Å². The summed E-state index contributed by atoms with van der Waals surface area (Å²) in [5.74, 6) is -0.318. The van der Waals surface area contributed by atoms with Crippen LogP contribution in [0.1, 0.15) is 0 Å². The summed E-state index contributed by atoms with van der Waals surface area (Å²) in [6.07, 6.45) is 1.21. The number of hydrogen-bond donors (Lipinski definition) is 1. The fourth-order valence-electron chi connectivity index (χ4n) is 0.997. The third-order valence-corrected chi connectivity index (χ3v) is 1.58. The Balaban J connectivity index is 2.53. The molecule has 13 heavy (non-hydrogen) atoms. The molecule has 0 saturated heterocycles. The van der Waals surface area contributed by atoms with Crippen LogP contribution in [0.25, 0.3) is 11.5 Å². The number of nitrogens with two attached hydrogens (primary N) is 1. The zero-order chi connectivity index (χ0) is 9.26. The summed E-state index contributed by atoms with van der Waals surface area (Å²) in [6.45, 7) is 0. The second kappa shape index (κ2) is 2.85. The van der Waals surface area contributed by atoms with Crippen LogP contribution >= 0.6 is 0 Å². The van der Waals surface area contributed by atoms with Gasteiger partial charge in [0, 0.05) is 5.69 Å². The smallest absolute Gasteiger partial charge is 0.260 e. The predicted octanol–water partition coefficient (Wildman–Crippen LogP) is 1.46. The zero-order valence-electron chi connectivity index (χ0n) is 6.57. The molecule has 0 spiro atoms. The lowest BCUT2D eigenvalue weighted by molar-refractivity contribution is 0.427. The first-order chi connectivity index (χ1) is 6.27. The fourth-order valence-corrected chi connectivity index (χ4v) is 0.997. The Labute approximate surface area is 73.2 Å². The maximum absolute atomic E-state index is 13.2. The van der Waals surface area contributed by atoms with Crippen LogP contribution in [0.3, 0.4) is 0 Å². The molecule has 5 heteroatoms. The van der Waals surface area contributed by atoms with Crippen molar-refractivity contribution >= 4 is 5.69 Å². The maximum Gasteiger partial charge on any atom is 0.260 e. The average molecular weight is 179 g/mol. The Bertz CT molecular complexity index is 413. The van der Waals surface area contributed by atoms with Crippen molar-refractivity contribution in [3.8, 4) is 11.5 Å². The summed E-state index contributed by atoms with van der Waals surface area (Å²) in [5.41, 5.74) is 5.99. The summed E-state index contributed by atoms with van der Waals surface area (Å²) in [7, 11) is 0. The van der Waals surface area contributed by atoms with Crippen LogP contribution in [0.4, 0.5) is 10.1 Å². The van der Waals surface area contributed by atoms with Crippen LogP contribution in [0.15, 0.2) is 29.0 Å². The first-order valence-corrected chi connectivity index (χ1v) is 3.59. The quantitative estimate of drug-likeness (QED) is 0.673. The molecule has 1 aromatic heterocycles. The van der Waals surface area contributed by atoms with Crippen LogP contribution in [-0.2, 0) is 0 Å². The molecule has 0 radical (unpaired) electrons. The summed E-state index contributed by atoms with van der Waals surface area (Å²) < 4.78 is 17.9. The van der Waals surface area contributed by atoms with E-state index in [0.29, 0.717) is 5.69 Å². The van der Waals surface area contributed by atoms with Gasteiger partial charge in [-0.05, 0) is 18.2 Å². The van der Waals surface area contributed by atoms with Crippen LogP contribution in [0.2, 0.25) is 0 Å². The standard InChI is InChI=1S/C8H6FN3O/c9-7-3-5(10)1-2-6(7)8-11-4-12-13-8/h1-4H,10H2. The molecule has 4 nitrogen and oxygen atoms in total. The summed E-state index contributed by atoms with van der Waals surface area (Å²) in [6, 6.07) is 4.28. The Hall–Kier alpha value is -1.91. The minimum Gasteiger partial charge on any atom is -0.399 e. The number of rotatable bonds is 1. The van der Waals surface area contributed by atoms with Gasteiger partial charge in [0.05, 0.1) is 5.56 Å². The third kappa shape index (κ3) is 1.35. The molecule has 0 fully saturated rings. The van der Waals surface area contributed by atoms with E-state index in [1.54, 1.807) is 6.07 Å². The third-order valence-electron chi connectivity index (χ3n) is 1.58. The van der Waals surface area contributed by atoms with Gasteiger partial charge in [0.25, 0.3) is 5.89 Å². The van der Waals surface area contributed by atoms with E-state index in [9.17, 15) is 4.39 Å². The first-order valence-electron chi connectivity index (χ1n) is 3.59. The van der Waals surface area contributed by atoms with Gasteiger partial charge in [0.2, 0.25) is 0 Å². The van der Waals surface area contributed by atoms with Crippen LogP contribution < -0.4 is 5.73 Å². The second-order valence-electron chi connectivity index (χ2n) is 2.49. The van der Waals surface area contributed by atoms with E-state index in [0.717, 1.165) is 0 Å². The highest BCUT2D eigenvalue weighted by Crippen LogP contribution is 2.21. The molecule has 2 rings (SSSR count). The van der Waals surface area contributed by atoms with Crippen molar-refractivity contribution in [2.24, 2.45) is 0 Å². The molecule has 2 aromatic rings. The van der Waals surface area contributed by atoms with Gasteiger partial charge < -0.3 is 10.3 Å². The van der Waals surface area contributed by atoms with Gasteiger partial charge in [-0.3, -0.25) is 0 Å². The molecule has 0 aliphatic rings. The molecule has 0 unspecified atom stereocenters. The van der Waals surface area contributed by atoms with E-state index in [1.807, 2.05) is 0 Å². The van der Waals surface area contributed by atoms with Gasteiger partial charge in [0.1, 0.15) is 5.82 Å². The van der Waals surface area contributed by atoms with Gasteiger partial charge in [-0.2, -0.15) is 4.98 Å². The molecule has 0 bridgehead atoms. The van der Waals surface area contributed by atoms with E-state index >= 15 is 0 Å². The molecule has 1 aromatic carbocycles. The normalized spacial score (nSPS) is 10.2. The average Bonchev–Trinajstić information content (AvgIpc) is 2.56. The van der Waals surface area contributed by atoms with E-state index in [4.69, 9.17) is 10.3 Å². The van der Waals surface area contributed by atoms with Gasteiger partial charge in [-0.15, -0.1) is 0 Å². The number of aromatic nitrogens is 2. The van der Waals surface area contributed by atoms with Crippen molar-refractivity contribution in [2.75, 3.05) is 5.73 Å². The number of benzene rings is 1. The molecule has 0 aliphatic carbocycles. The molecule has 2 N–H and O–H groups in total. The molecule has 0 aliphatic heterocycles. The van der Waals surface area contributed by atoms with Crippen LogP contribution in [-0.4, -0.2) is 10.1 Å². The predicted molar refractivity (Wildman–Crippen MR) is 44.1 cm³/mol. The van der Waals surface area contributed by atoms with Crippen molar-refractivity contribution in [1.82, 2.24) is 10.1 Å². The highest BCUT2D eigenvalue weighted by molar-refractivity contribution is 5.57. The monoisotopic (exact) mass is 179 g/mol. The Kier molecular flexibility index (Phi) is 1.70. The lowest BCUT2D eigenvalue weighted by atomic mass is 10.2. The van der Waals surface area contributed by atoms with Crippen molar-refractivity contribution in [1.29, 1.82) is 0 Å². The summed E-state index contributed by atoms with van der Waals surface area (Å²) in [4.78, 5) is 3.72. The van der Waals surface area contributed by atoms with E-state index < -0.39 is 5.82 Å². The topological polar surface area (TPSA) is 64.9 Å². The van der Waals surface area contributed by atoms with Crippen LogP contribution in [0, 0.1) is 5.82 Å². The van der Waals surface area contributed by atoms with Gasteiger partial charge >= 0.3 is 0 Å². The van der Waals surface area contributed by atoms with Gasteiger partial charge in [-0.1, -0.05) is 5.16 Å². The fraction of sp³-hybridized carbons (Fsp3) is 0. The number of hydrogen-bond acceptors (Lipinski definition) is 4. The highest BCUT2D eigenvalue weighted by atomic mass is 19.1. The molecule has 0 amide bonds. The lowest BCUT2D eigenvalue weighted by Gasteiger charge is -1.97. The largest absolute Gasteiger partial charge is 0.399 e. The molecule has 1 heterocycles. The molecule has 66 valence electrons. The Morgan fingerprint density at radius 3 is 2.85 bits per heavy atom. The van der Waals surface area contributed by atoms with E-state index in [1.165, 1.54) is 18.5 Å². The van der Waals surface area contributed by atoms with Crippen molar-refractivity contribution < 1.29 is 8.91 Å². The molecule has 0 atom stereocenters. The molecular weight excluding hydrogens is 173 g/mol. The minimum absolute atomic E-state index is 0.150. The highest BCUT2D eigenvalue weighted by Gasteiger charge is 2.09. The summed E-state index contributed by atoms with van der Waals surface area (Å²) >= 11 is 0. The zero-order valence-corrected chi connectivity index (χ0v) is 6.57. The van der Waals surface area contributed by atoms with E-state index in [-0.39, 0.29) is 11.5 Å². The molecule has 0 saturated carbocycles. The lowest BCUT2D eigenvalue weighted by Crippen LogP contribution is -1.89.